The number of anilines is 2. The normalized spacial score (nSPS) is 12.2. The number of primary amides is 1. The van der Waals surface area contributed by atoms with Crippen LogP contribution in [0.1, 0.15) is 27.2 Å². The zero-order valence-corrected chi connectivity index (χ0v) is 10.7. The first-order valence-electron chi connectivity index (χ1n) is 5.90. The van der Waals surface area contributed by atoms with Crippen LogP contribution in [0, 0.1) is 5.92 Å². The second-order valence-corrected chi connectivity index (χ2v) is 4.74. The van der Waals surface area contributed by atoms with Crippen molar-refractivity contribution in [1.82, 2.24) is 0 Å². The van der Waals surface area contributed by atoms with Crippen molar-refractivity contribution in [2.75, 3.05) is 10.6 Å². The molecule has 1 rings (SSSR count). The van der Waals surface area contributed by atoms with Crippen molar-refractivity contribution in [3.63, 3.8) is 0 Å². The topological polar surface area (TPSA) is 67.2 Å². The molecule has 0 aliphatic carbocycles. The van der Waals surface area contributed by atoms with Crippen LogP contribution in [-0.2, 0) is 0 Å². The molecule has 4 N–H and O–H groups in total. The quantitative estimate of drug-likeness (QED) is 0.734. The zero-order valence-electron chi connectivity index (χ0n) is 10.7. The molecule has 1 unspecified atom stereocenters. The molecule has 2 amide bonds. The maximum Gasteiger partial charge on any atom is 0.316 e. The lowest BCUT2D eigenvalue weighted by Gasteiger charge is -2.17. The second-order valence-electron chi connectivity index (χ2n) is 4.74. The van der Waals surface area contributed by atoms with E-state index in [2.05, 4.69) is 31.4 Å². The number of hydrogen-bond donors (Lipinski definition) is 3. The summed E-state index contributed by atoms with van der Waals surface area (Å²) in [4.78, 5) is 10.6. The van der Waals surface area contributed by atoms with Crippen molar-refractivity contribution in [2.45, 2.75) is 33.2 Å². The van der Waals surface area contributed by atoms with Gasteiger partial charge in [-0.1, -0.05) is 13.8 Å². The van der Waals surface area contributed by atoms with Crippen molar-refractivity contribution in [3.8, 4) is 0 Å². The number of urea groups is 1. The number of carbonyl (C=O) groups is 1. The van der Waals surface area contributed by atoms with Crippen molar-refractivity contribution < 1.29 is 4.79 Å². The lowest BCUT2D eigenvalue weighted by molar-refractivity contribution is 0.259. The van der Waals surface area contributed by atoms with Gasteiger partial charge in [-0.15, -0.1) is 0 Å². The molecule has 0 bridgehead atoms. The first-order valence-corrected chi connectivity index (χ1v) is 5.90. The Kier molecular flexibility index (Phi) is 4.82. The summed E-state index contributed by atoms with van der Waals surface area (Å²) in [5.74, 6) is 0.674. The predicted molar refractivity (Wildman–Crippen MR) is 72.2 cm³/mol. The van der Waals surface area contributed by atoms with E-state index in [1.807, 2.05) is 24.3 Å². The van der Waals surface area contributed by atoms with Gasteiger partial charge in [0.05, 0.1) is 0 Å². The molecule has 4 nitrogen and oxygen atoms in total. The standard InChI is InChI=1S/C13H21N3O/c1-9(2)8-10(3)15-11-4-6-12(7-5-11)16-13(14)17/h4-7,9-10,15H,8H2,1-3H3,(H3,14,16,17). The Morgan fingerprint density at radius 3 is 2.18 bits per heavy atom. The molecule has 1 aromatic rings. The van der Waals surface area contributed by atoms with Gasteiger partial charge in [-0.3, -0.25) is 0 Å². The van der Waals surface area contributed by atoms with Gasteiger partial charge in [0.25, 0.3) is 0 Å². The molecule has 1 atom stereocenters. The maximum absolute atomic E-state index is 10.6. The summed E-state index contributed by atoms with van der Waals surface area (Å²) in [6.07, 6.45) is 1.13. The highest BCUT2D eigenvalue weighted by Crippen LogP contribution is 2.16. The highest BCUT2D eigenvalue weighted by atomic mass is 16.2. The predicted octanol–water partition coefficient (Wildman–Crippen LogP) is 3.02. The Labute approximate surface area is 103 Å². The number of carbonyl (C=O) groups excluding carboxylic acids is 1. The van der Waals surface area contributed by atoms with Crippen LogP contribution in [0.2, 0.25) is 0 Å². The van der Waals surface area contributed by atoms with Crippen LogP contribution >= 0.6 is 0 Å². The third-order valence-corrected chi connectivity index (χ3v) is 2.39. The molecule has 17 heavy (non-hydrogen) atoms. The molecule has 0 saturated heterocycles. The summed E-state index contributed by atoms with van der Waals surface area (Å²) in [7, 11) is 0. The summed E-state index contributed by atoms with van der Waals surface area (Å²) in [5, 5.41) is 5.94. The van der Waals surface area contributed by atoms with E-state index in [0.717, 1.165) is 12.1 Å². The Balaban J connectivity index is 2.53. The molecule has 0 aliphatic heterocycles. The van der Waals surface area contributed by atoms with Crippen LogP contribution in [0.3, 0.4) is 0 Å². The van der Waals surface area contributed by atoms with Gasteiger partial charge in [0.2, 0.25) is 0 Å². The number of amides is 2. The number of nitrogens with one attached hydrogen (secondary N) is 2. The number of nitrogens with two attached hydrogens (primary N) is 1. The van der Waals surface area contributed by atoms with E-state index >= 15 is 0 Å². The molecule has 1 aromatic carbocycles. The monoisotopic (exact) mass is 235 g/mol. The molecule has 0 heterocycles. The summed E-state index contributed by atoms with van der Waals surface area (Å²) in [6.45, 7) is 6.58. The van der Waals surface area contributed by atoms with E-state index in [0.29, 0.717) is 17.6 Å². The Hall–Kier alpha value is -1.71. The summed E-state index contributed by atoms with van der Waals surface area (Å²) >= 11 is 0. The van der Waals surface area contributed by atoms with E-state index in [-0.39, 0.29) is 0 Å². The first-order chi connectivity index (χ1) is 7.97. The van der Waals surface area contributed by atoms with Crippen LogP contribution in [0.15, 0.2) is 24.3 Å². The fourth-order valence-corrected chi connectivity index (χ4v) is 1.84. The van der Waals surface area contributed by atoms with Crippen molar-refractivity contribution >= 4 is 17.4 Å². The zero-order chi connectivity index (χ0) is 12.8. The van der Waals surface area contributed by atoms with E-state index in [1.54, 1.807) is 0 Å². The third-order valence-electron chi connectivity index (χ3n) is 2.39. The second kappa shape index (κ2) is 6.13. The van der Waals surface area contributed by atoms with E-state index in [1.165, 1.54) is 0 Å². The lowest BCUT2D eigenvalue weighted by atomic mass is 10.1. The highest BCUT2D eigenvalue weighted by Gasteiger charge is 2.04. The van der Waals surface area contributed by atoms with Gasteiger partial charge < -0.3 is 16.4 Å². The van der Waals surface area contributed by atoms with Gasteiger partial charge in [0.1, 0.15) is 0 Å². The third kappa shape index (κ3) is 5.24. The number of hydrogen-bond acceptors (Lipinski definition) is 2. The molecule has 94 valence electrons. The number of benzene rings is 1. The van der Waals surface area contributed by atoms with Crippen LogP contribution in [-0.4, -0.2) is 12.1 Å². The van der Waals surface area contributed by atoms with Gasteiger partial charge in [0.15, 0.2) is 0 Å². The van der Waals surface area contributed by atoms with Gasteiger partial charge >= 0.3 is 6.03 Å². The molecular weight excluding hydrogens is 214 g/mol. The smallest absolute Gasteiger partial charge is 0.316 e. The van der Waals surface area contributed by atoms with Crippen molar-refractivity contribution in [3.05, 3.63) is 24.3 Å². The van der Waals surface area contributed by atoms with Crippen LogP contribution in [0.5, 0.6) is 0 Å². The summed E-state index contributed by atoms with van der Waals surface area (Å²) < 4.78 is 0. The first kappa shape index (κ1) is 13.4. The van der Waals surface area contributed by atoms with Crippen molar-refractivity contribution in [1.29, 1.82) is 0 Å². The lowest BCUT2D eigenvalue weighted by Crippen LogP contribution is -2.19. The van der Waals surface area contributed by atoms with Gasteiger partial charge in [-0.05, 0) is 43.5 Å². The fourth-order valence-electron chi connectivity index (χ4n) is 1.84. The summed E-state index contributed by atoms with van der Waals surface area (Å²) in [6, 6.07) is 7.41. The SMILES string of the molecule is CC(C)CC(C)Nc1ccc(NC(N)=O)cc1. The fraction of sp³-hybridized carbons (Fsp3) is 0.462. The molecular formula is C13H21N3O. The Morgan fingerprint density at radius 2 is 1.71 bits per heavy atom. The molecule has 0 spiro atoms. The largest absolute Gasteiger partial charge is 0.383 e. The average molecular weight is 235 g/mol. The number of rotatable bonds is 5. The van der Waals surface area contributed by atoms with Gasteiger partial charge in [-0.25, -0.2) is 4.79 Å². The van der Waals surface area contributed by atoms with Crippen LogP contribution in [0.25, 0.3) is 0 Å². The van der Waals surface area contributed by atoms with E-state index in [4.69, 9.17) is 5.73 Å². The molecule has 0 saturated carbocycles. The highest BCUT2D eigenvalue weighted by molar-refractivity contribution is 5.87. The molecule has 0 aliphatic rings. The van der Waals surface area contributed by atoms with E-state index < -0.39 is 6.03 Å². The average Bonchev–Trinajstić information content (AvgIpc) is 2.18. The van der Waals surface area contributed by atoms with E-state index in [9.17, 15) is 4.79 Å². The van der Waals surface area contributed by atoms with Crippen LogP contribution < -0.4 is 16.4 Å². The van der Waals surface area contributed by atoms with Gasteiger partial charge in [-0.2, -0.15) is 0 Å². The summed E-state index contributed by atoms with van der Waals surface area (Å²) in [5.41, 5.74) is 6.79. The minimum atomic E-state index is -0.543. The van der Waals surface area contributed by atoms with Crippen molar-refractivity contribution in [2.24, 2.45) is 11.7 Å². The molecule has 0 fully saturated rings. The van der Waals surface area contributed by atoms with Gasteiger partial charge in [0, 0.05) is 17.4 Å². The molecule has 0 aromatic heterocycles. The maximum atomic E-state index is 10.6. The Morgan fingerprint density at radius 1 is 1.18 bits per heavy atom. The Bertz CT molecular complexity index is 359. The molecule has 0 radical (unpaired) electrons. The molecule has 4 heteroatoms. The minimum absolute atomic E-state index is 0.435. The van der Waals surface area contributed by atoms with Crippen LogP contribution in [0.4, 0.5) is 16.2 Å². The minimum Gasteiger partial charge on any atom is -0.383 e.